The van der Waals surface area contributed by atoms with Crippen LogP contribution in [0.4, 0.5) is 11.4 Å². The smallest absolute Gasteiger partial charge is 0.293 e. The molecule has 0 radical (unpaired) electrons. The van der Waals surface area contributed by atoms with E-state index in [0.29, 0.717) is 42.3 Å². The van der Waals surface area contributed by atoms with E-state index in [-0.39, 0.29) is 17.4 Å². The number of benzene rings is 1. The Labute approximate surface area is 155 Å². The predicted molar refractivity (Wildman–Crippen MR) is 100 cm³/mol. The maximum atomic E-state index is 12.5. The zero-order valence-corrected chi connectivity index (χ0v) is 15.4. The van der Waals surface area contributed by atoms with Gasteiger partial charge in [0, 0.05) is 42.7 Å². The summed E-state index contributed by atoms with van der Waals surface area (Å²) in [5.41, 5.74) is 0.729. The van der Waals surface area contributed by atoms with Gasteiger partial charge in [-0.15, -0.1) is 11.3 Å². The fraction of sp³-hybridized carbons (Fsp3) is 0.333. The Kier molecular flexibility index (Phi) is 5.03. The van der Waals surface area contributed by atoms with Crippen LogP contribution in [-0.4, -0.2) is 47.7 Å². The highest BCUT2D eigenvalue weighted by Gasteiger charge is 2.27. The molecule has 8 heteroatoms. The Morgan fingerprint density at radius 3 is 2.35 bits per heavy atom. The van der Waals surface area contributed by atoms with Crippen molar-refractivity contribution >= 4 is 34.4 Å². The van der Waals surface area contributed by atoms with Gasteiger partial charge in [-0.25, -0.2) is 0 Å². The number of anilines is 1. The number of amides is 1. The second-order valence-corrected chi connectivity index (χ2v) is 7.49. The van der Waals surface area contributed by atoms with Gasteiger partial charge >= 0.3 is 0 Å². The van der Waals surface area contributed by atoms with Crippen molar-refractivity contribution in [1.82, 2.24) is 4.90 Å². The Hall–Kier alpha value is -2.74. The largest absolute Gasteiger partial charge is 0.362 e. The molecule has 1 fully saturated rings. The number of nitrogens with zero attached hydrogens (tertiary/aromatic N) is 3. The van der Waals surface area contributed by atoms with Gasteiger partial charge in [-0.3, -0.25) is 19.7 Å². The fourth-order valence-electron chi connectivity index (χ4n) is 3.01. The number of rotatable bonds is 4. The minimum absolute atomic E-state index is 0.00387. The van der Waals surface area contributed by atoms with Gasteiger partial charge in [0.1, 0.15) is 5.69 Å². The first kappa shape index (κ1) is 18.1. The third-order valence-corrected chi connectivity index (χ3v) is 5.43. The molecule has 0 N–H and O–H groups in total. The third kappa shape index (κ3) is 3.60. The number of ketones is 1. The first-order chi connectivity index (χ1) is 12.4. The number of aryl methyl sites for hydroxylation is 1. The Balaban J connectivity index is 1.74. The summed E-state index contributed by atoms with van der Waals surface area (Å²) in [7, 11) is 0. The molecule has 0 aliphatic carbocycles. The van der Waals surface area contributed by atoms with Gasteiger partial charge in [0.2, 0.25) is 0 Å². The first-order valence-electron chi connectivity index (χ1n) is 8.27. The van der Waals surface area contributed by atoms with Gasteiger partial charge in [0.15, 0.2) is 5.78 Å². The van der Waals surface area contributed by atoms with Crippen LogP contribution >= 0.6 is 11.3 Å². The number of nitro benzene ring substituents is 1. The predicted octanol–water partition coefficient (Wildman–Crippen LogP) is 3.13. The van der Waals surface area contributed by atoms with Crippen LogP contribution in [0.3, 0.4) is 0 Å². The van der Waals surface area contributed by atoms with Crippen molar-refractivity contribution in [3.05, 3.63) is 55.8 Å². The molecule has 1 aliphatic rings. The molecule has 7 nitrogen and oxygen atoms in total. The summed E-state index contributed by atoms with van der Waals surface area (Å²) in [5.74, 6) is -0.203. The normalized spacial score (nSPS) is 14.4. The lowest BCUT2D eigenvalue weighted by molar-refractivity contribution is -0.384. The zero-order valence-electron chi connectivity index (χ0n) is 14.6. The van der Waals surface area contributed by atoms with Crippen molar-refractivity contribution in [3.63, 3.8) is 0 Å². The van der Waals surface area contributed by atoms with Crippen LogP contribution in [0.2, 0.25) is 0 Å². The van der Waals surface area contributed by atoms with E-state index in [9.17, 15) is 19.7 Å². The van der Waals surface area contributed by atoms with E-state index < -0.39 is 4.92 Å². The molecule has 1 amide bonds. The molecule has 1 aromatic heterocycles. The molecule has 0 bridgehead atoms. The molecule has 1 aromatic carbocycles. The van der Waals surface area contributed by atoms with Crippen LogP contribution in [-0.2, 0) is 0 Å². The fourth-order valence-corrected chi connectivity index (χ4v) is 3.85. The standard InChI is InChI=1S/C18H19N3O4S/c1-12-3-6-17(26-12)18(23)20-9-7-19(8-10-20)15-5-4-14(13(2)22)11-16(15)21(24)25/h3-6,11H,7-10H2,1-2H3. The molecule has 2 heterocycles. The minimum atomic E-state index is -0.465. The van der Waals surface area contributed by atoms with Gasteiger partial charge in [0.25, 0.3) is 11.6 Å². The molecule has 2 aromatic rings. The zero-order chi connectivity index (χ0) is 18.8. The highest BCUT2D eigenvalue weighted by molar-refractivity contribution is 7.13. The van der Waals surface area contributed by atoms with E-state index in [1.807, 2.05) is 24.0 Å². The van der Waals surface area contributed by atoms with E-state index in [2.05, 4.69) is 0 Å². The van der Waals surface area contributed by atoms with Crippen molar-refractivity contribution in [2.75, 3.05) is 31.1 Å². The van der Waals surface area contributed by atoms with Gasteiger partial charge in [-0.1, -0.05) is 0 Å². The second kappa shape index (κ2) is 7.25. The van der Waals surface area contributed by atoms with Crippen molar-refractivity contribution in [3.8, 4) is 0 Å². The second-order valence-electron chi connectivity index (χ2n) is 6.21. The molecule has 0 atom stereocenters. The summed E-state index contributed by atoms with van der Waals surface area (Å²) < 4.78 is 0. The molecule has 1 aliphatic heterocycles. The highest BCUT2D eigenvalue weighted by atomic mass is 32.1. The summed E-state index contributed by atoms with van der Waals surface area (Å²) in [6, 6.07) is 8.31. The molecular formula is C18H19N3O4S. The Morgan fingerprint density at radius 1 is 1.12 bits per heavy atom. The van der Waals surface area contributed by atoms with Crippen LogP contribution in [0.5, 0.6) is 0 Å². The van der Waals surface area contributed by atoms with Crippen LogP contribution in [0.25, 0.3) is 0 Å². The van der Waals surface area contributed by atoms with E-state index >= 15 is 0 Å². The minimum Gasteiger partial charge on any atom is -0.362 e. The Morgan fingerprint density at radius 2 is 1.81 bits per heavy atom. The average Bonchev–Trinajstić information content (AvgIpc) is 3.07. The molecule has 0 saturated carbocycles. The number of nitro groups is 1. The lowest BCUT2D eigenvalue weighted by atomic mass is 10.1. The summed E-state index contributed by atoms with van der Waals surface area (Å²) in [5, 5.41) is 11.4. The summed E-state index contributed by atoms with van der Waals surface area (Å²) in [6.07, 6.45) is 0. The number of piperazine rings is 1. The monoisotopic (exact) mass is 373 g/mol. The van der Waals surface area contributed by atoms with E-state index in [1.165, 1.54) is 24.3 Å². The van der Waals surface area contributed by atoms with E-state index in [1.54, 1.807) is 17.0 Å². The van der Waals surface area contributed by atoms with Gasteiger partial charge in [-0.05, 0) is 38.1 Å². The van der Waals surface area contributed by atoms with Crippen LogP contribution in [0.1, 0.15) is 31.8 Å². The summed E-state index contributed by atoms with van der Waals surface area (Å²) >= 11 is 1.47. The number of Topliss-reactive ketones (excluding diaryl/α,β-unsaturated/α-hetero) is 1. The van der Waals surface area contributed by atoms with Crippen molar-refractivity contribution < 1.29 is 14.5 Å². The average molecular weight is 373 g/mol. The van der Waals surface area contributed by atoms with E-state index in [0.717, 1.165) is 4.88 Å². The molecule has 1 saturated heterocycles. The molecule has 3 rings (SSSR count). The maximum absolute atomic E-state index is 12.5. The number of hydrogen-bond donors (Lipinski definition) is 0. The number of carbonyl (C=O) groups is 2. The lowest BCUT2D eigenvalue weighted by Crippen LogP contribution is -2.48. The van der Waals surface area contributed by atoms with Crippen molar-refractivity contribution in [2.24, 2.45) is 0 Å². The van der Waals surface area contributed by atoms with Crippen LogP contribution in [0, 0.1) is 17.0 Å². The SMILES string of the molecule is CC(=O)c1ccc(N2CCN(C(=O)c3ccc(C)s3)CC2)c([N+](=O)[O-])c1. The topological polar surface area (TPSA) is 83.8 Å². The van der Waals surface area contributed by atoms with Crippen LogP contribution < -0.4 is 4.90 Å². The lowest BCUT2D eigenvalue weighted by Gasteiger charge is -2.35. The Bertz CT molecular complexity index is 869. The third-order valence-electron chi connectivity index (χ3n) is 4.44. The number of thiophene rings is 1. The molecule has 26 heavy (non-hydrogen) atoms. The maximum Gasteiger partial charge on any atom is 0.293 e. The molecule has 0 unspecified atom stereocenters. The molecular weight excluding hydrogens is 354 g/mol. The summed E-state index contributed by atoms with van der Waals surface area (Å²) in [4.78, 5) is 40.4. The van der Waals surface area contributed by atoms with Crippen LogP contribution in [0.15, 0.2) is 30.3 Å². The quantitative estimate of drug-likeness (QED) is 0.467. The molecule has 0 spiro atoms. The van der Waals surface area contributed by atoms with Gasteiger partial charge in [-0.2, -0.15) is 0 Å². The van der Waals surface area contributed by atoms with Crippen molar-refractivity contribution in [2.45, 2.75) is 13.8 Å². The van der Waals surface area contributed by atoms with Gasteiger partial charge in [0.05, 0.1) is 9.80 Å². The van der Waals surface area contributed by atoms with E-state index in [4.69, 9.17) is 0 Å². The number of hydrogen-bond acceptors (Lipinski definition) is 6. The summed E-state index contributed by atoms with van der Waals surface area (Å²) in [6.45, 7) is 5.37. The first-order valence-corrected chi connectivity index (χ1v) is 9.08. The van der Waals surface area contributed by atoms with Crippen molar-refractivity contribution in [1.29, 1.82) is 0 Å². The highest BCUT2D eigenvalue weighted by Crippen LogP contribution is 2.30. The molecule has 136 valence electrons. The van der Waals surface area contributed by atoms with Gasteiger partial charge < -0.3 is 9.80 Å². The number of carbonyl (C=O) groups excluding carboxylic acids is 2.